The summed E-state index contributed by atoms with van der Waals surface area (Å²) in [6, 6.07) is 0. The van der Waals surface area contributed by atoms with Gasteiger partial charge in [-0.3, -0.25) is 9.59 Å². The molecule has 2 rings (SSSR count). The van der Waals surface area contributed by atoms with E-state index >= 15 is 0 Å². The zero-order valence-electron chi connectivity index (χ0n) is 12.8. The van der Waals surface area contributed by atoms with Crippen molar-refractivity contribution in [2.75, 3.05) is 26.8 Å². The third-order valence-corrected chi connectivity index (χ3v) is 5.04. The zero-order chi connectivity index (χ0) is 15.5. The standard InChI is InChI=1S/C16H25NO4/c1-3-6-15(7-4-8-15)13(18)17-10-5-9-16(11-17,12-21-2)14(19)20/h3H,1,4-12H2,2H3,(H,19,20). The van der Waals surface area contributed by atoms with E-state index in [1.165, 1.54) is 7.11 Å². The van der Waals surface area contributed by atoms with Crippen molar-refractivity contribution in [1.29, 1.82) is 0 Å². The summed E-state index contributed by atoms with van der Waals surface area (Å²) in [5.41, 5.74) is -1.28. The Bertz CT molecular complexity index is 426. The fraction of sp³-hybridized carbons (Fsp3) is 0.750. The van der Waals surface area contributed by atoms with Gasteiger partial charge in [0, 0.05) is 20.2 Å². The van der Waals surface area contributed by atoms with Gasteiger partial charge in [0.1, 0.15) is 5.41 Å². The van der Waals surface area contributed by atoms with Gasteiger partial charge in [0.15, 0.2) is 0 Å². The molecule has 0 aromatic rings. The summed E-state index contributed by atoms with van der Waals surface area (Å²) >= 11 is 0. The lowest BCUT2D eigenvalue weighted by Gasteiger charge is -2.47. The topological polar surface area (TPSA) is 66.8 Å². The van der Waals surface area contributed by atoms with Crippen LogP contribution in [0.3, 0.4) is 0 Å². The number of aliphatic carboxylic acids is 1. The quantitative estimate of drug-likeness (QED) is 0.762. The van der Waals surface area contributed by atoms with E-state index in [0.717, 1.165) is 19.3 Å². The van der Waals surface area contributed by atoms with Crippen LogP contribution in [-0.4, -0.2) is 48.7 Å². The van der Waals surface area contributed by atoms with Gasteiger partial charge >= 0.3 is 5.97 Å². The maximum atomic E-state index is 12.9. The second-order valence-electron chi connectivity index (χ2n) is 6.48. The van der Waals surface area contributed by atoms with Crippen molar-refractivity contribution in [3.05, 3.63) is 12.7 Å². The number of amides is 1. The average molecular weight is 295 g/mol. The van der Waals surface area contributed by atoms with Gasteiger partial charge in [-0.2, -0.15) is 0 Å². The molecule has 0 aromatic carbocycles. The van der Waals surface area contributed by atoms with Gasteiger partial charge in [0.05, 0.1) is 12.0 Å². The largest absolute Gasteiger partial charge is 0.481 e. The Morgan fingerprint density at radius 3 is 2.43 bits per heavy atom. The van der Waals surface area contributed by atoms with Crippen LogP contribution in [0.1, 0.15) is 38.5 Å². The normalized spacial score (nSPS) is 27.8. The highest BCUT2D eigenvalue weighted by molar-refractivity contribution is 5.85. The summed E-state index contributed by atoms with van der Waals surface area (Å²) < 4.78 is 5.11. The van der Waals surface area contributed by atoms with Crippen LogP contribution in [0.5, 0.6) is 0 Å². The molecule has 1 saturated heterocycles. The van der Waals surface area contributed by atoms with Gasteiger partial charge in [-0.1, -0.05) is 12.5 Å². The van der Waals surface area contributed by atoms with Crippen molar-refractivity contribution in [1.82, 2.24) is 4.90 Å². The number of hydrogen-bond acceptors (Lipinski definition) is 3. The minimum Gasteiger partial charge on any atom is -0.481 e. The van der Waals surface area contributed by atoms with Gasteiger partial charge in [-0.15, -0.1) is 6.58 Å². The smallest absolute Gasteiger partial charge is 0.313 e. The number of hydrogen-bond donors (Lipinski definition) is 1. The molecule has 5 nitrogen and oxygen atoms in total. The molecule has 0 bridgehead atoms. The number of likely N-dealkylation sites (tertiary alicyclic amines) is 1. The Labute approximate surface area is 126 Å². The number of carboxylic acid groups (broad SMARTS) is 1. The lowest BCUT2D eigenvalue weighted by atomic mass is 9.65. The van der Waals surface area contributed by atoms with Crippen LogP contribution < -0.4 is 0 Å². The highest BCUT2D eigenvalue weighted by Crippen LogP contribution is 2.46. The Hall–Kier alpha value is -1.36. The summed E-state index contributed by atoms with van der Waals surface area (Å²) in [7, 11) is 1.51. The number of nitrogens with zero attached hydrogens (tertiary/aromatic N) is 1. The predicted octanol–water partition coefficient (Wildman–Crippen LogP) is 2.07. The van der Waals surface area contributed by atoms with Crippen LogP contribution >= 0.6 is 0 Å². The van der Waals surface area contributed by atoms with E-state index < -0.39 is 11.4 Å². The molecule has 5 heteroatoms. The van der Waals surface area contributed by atoms with E-state index in [0.29, 0.717) is 25.8 Å². The number of rotatable bonds is 6. The minimum atomic E-state index is -0.957. The summed E-state index contributed by atoms with van der Waals surface area (Å²) in [5, 5.41) is 9.56. The molecule has 2 fully saturated rings. The maximum Gasteiger partial charge on any atom is 0.313 e. The second-order valence-corrected chi connectivity index (χ2v) is 6.48. The SMILES string of the molecule is C=CCC1(C(=O)N2CCCC(COC)(C(=O)O)C2)CCC1. The Balaban J connectivity index is 2.14. The molecule has 2 aliphatic rings. The predicted molar refractivity (Wildman–Crippen MR) is 78.9 cm³/mol. The maximum absolute atomic E-state index is 12.9. The molecular formula is C16H25NO4. The van der Waals surface area contributed by atoms with Crippen molar-refractivity contribution < 1.29 is 19.4 Å². The van der Waals surface area contributed by atoms with Crippen LogP contribution in [0.15, 0.2) is 12.7 Å². The number of carbonyl (C=O) groups is 2. The van der Waals surface area contributed by atoms with Crippen LogP contribution in [0.4, 0.5) is 0 Å². The Kier molecular flexibility index (Phi) is 4.71. The summed E-state index contributed by atoms with van der Waals surface area (Å²) in [5.74, 6) is -0.761. The number of carboxylic acids is 1. The number of ether oxygens (including phenoxy) is 1. The first kappa shape index (κ1) is 16.0. The highest BCUT2D eigenvalue weighted by Gasteiger charge is 2.49. The van der Waals surface area contributed by atoms with Crippen LogP contribution in [0.2, 0.25) is 0 Å². The molecule has 1 unspecified atom stereocenters. The van der Waals surface area contributed by atoms with Crippen molar-refractivity contribution in [2.45, 2.75) is 38.5 Å². The molecule has 0 spiro atoms. The molecular weight excluding hydrogens is 270 g/mol. The molecule has 0 aromatic heterocycles. The molecule has 0 radical (unpaired) electrons. The molecule has 21 heavy (non-hydrogen) atoms. The minimum absolute atomic E-state index is 0.107. The van der Waals surface area contributed by atoms with Crippen molar-refractivity contribution >= 4 is 11.9 Å². The van der Waals surface area contributed by atoms with Crippen molar-refractivity contribution in [3.8, 4) is 0 Å². The summed E-state index contributed by atoms with van der Waals surface area (Å²) in [6.07, 6.45) is 6.61. The first-order valence-corrected chi connectivity index (χ1v) is 7.62. The molecule has 1 aliphatic carbocycles. The van der Waals surface area contributed by atoms with Gasteiger partial charge < -0.3 is 14.7 Å². The van der Waals surface area contributed by atoms with E-state index in [-0.39, 0.29) is 24.5 Å². The highest BCUT2D eigenvalue weighted by atomic mass is 16.5. The van der Waals surface area contributed by atoms with Crippen LogP contribution in [0, 0.1) is 10.8 Å². The lowest BCUT2D eigenvalue weighted by Crippen LogP contribution is -2.56. The Morgan fingerprint density at radius 2 is 1.95 bits per heavy atom. The third-order valence-electron chi connectivity index (χ3n) is 5.04. The zero-order valence-corrected chi connectivity index (χ0v) is 12.8. The first-order valence-electron chi connectivity index (χ1n) is 7.62. The van der Waals surface area contributed by atoms with E-state index in [2.05, 4.69) is 6.58 Å². The Morgan fingerprint density at radius 1 is 1.29 bits per heavy atom. The number of piperidine rings is 1. The number of allylic oxidation sites excluding steroid dienone is 1. The molecule has 1 atom stereocenters. The van der Waals surface area contributed by atoms with E-state index in [1.807, 2.05) is 0 Å². The van der Waals surface area contributed by atoms with E-state index in [9.17, 15) is 14.7 Å². The second kappa shape index (κ2) is 6.18. The summed E-state index contributed by atoms with van der Waals surface area (Å²) in [6.45, 7) is 4.82. The third kappa shape index (κ3) is 2.84. The van der Waals surface area contributed by atoms with Gasteiger partial charge in [-0.25, -0.2) is 0 Å². The summed E-state index contributed by atoms with van der Waals surface area (Å²) in [4.78, 5) is 26.3. The fourth-order valence-corrected chi connectivity index (χ4v) is 3.66. The molecule has 1 N–H and O–H groups in total. The average Bonchev–Trinajstić information content (AvgIpc) is 2.42. The molecule has 1 saturated carbocycles. The molecule has 1 aliphatic heterocycles. The number of methoxy groups -OCH3 is 1. The first-order chi connectivity index (χ1) is 9.99. The fourth-order valence-electron chi connectivity index (χ4n) is 3.66. The van der Waals surface area contributed by atoms with Crippen LogP contribution in [-0.2, 0) is 14.3 Å². The monoisotopic (exact) mass is 295 g/mol. The molecule has 118 valence electrons. The van der Waals surface area contributed by atoms with Gasteiger partial charge in [-0.05, 0) is 32.1 Å². The van der Waals surface area contributed by atoms with Gasteiger partial charge in [0.2, 0.25) is 5.91 Å². The van der Waals surface area contributed by atoms with Crippen molar-refractivity contribution in [3.63, 3.8) is 0 Å². The molecule has 1 amide bonds. The number of carbonyl (C=O) groups excluding carboxylic acids is 1. The molecule has 1 heterocycles. The van der Waals surface area contributed by atoms with E-state index in [1.54, 1.807) is 11.0 Å². The van der Waals surface area contributed by atoms with Gasteiger partial charge in [0.25, 0.3) is 0 Å². The lowest BCUT2D eigenvalue weighted by molar-refractivity contribution is -0.163. The van der Waals surface area contributed by atoms with E-state index in [4.69, 9.17) is 4.74 Å². The van der Waals surface area contributed by atoms with Crippen molar-refractivity contribution in [2.24, 2.45) is 10.8 Å². The van der Waals surface area contributed by atoms with Crippen LogP contribution in [0.25, 0.3) is 0 Å².